The maximum atomic E-state index is 11.1. The van der Waals surface area contributed by atoms with E-state index in [1.807, 2.05) is 12.1 Å². The molecule has 0 aliphatic heterocycles. The van der Waals surface area contributed by atoms with Crippen LogP contribution in [0.5, 0.6) is 5.75 Å². The summed E-state index contributed by atoms with van der Waals surface area (Å²) in [5, 5.41) is 0. The number of esters is 1. The van der Waals surface area contributed by atoms with E-state index in [0.717, 1.165) is 31.4 Å². The third kappa shape index (κ3) is 8.24. The van der Waals surface area contributed by atoms with Gasteiger partial charge in [-0.15, -0.1) is 0 Å². The Labute approximate surface area is 119 Å². The Morgan fingerprint density at radius 2 is 1.90 bits per heavy atom. The average molecular weight is 279 g/mol. The zero-order chi connectivity index (χ0) is 14.6. The van der Waals surface area contributed by atoms with Crippen LogP contribution in [0.2, 0.25) is 0 Å². The SMILES string of the molecule is CC(=O)CC(=O)OCCCCCCOc1cccnc1. The van der Waals surface area contributed by atoms with Gasteiger partial charge in [-0.3, -0.25) is 14.6 Å². The molecule has 0 amide bonds. The molecule has 0 fully saturated rings. The fourth-order valence-corrected chi connectivity index (χ4v) is 1.62. The van der Waals surface area contributed by atoms with E-state index < -0.39 is 5.97 Å². The molecule has 1 heterocycles. The summed E-state index contributed by atoms with van der Waals surface area (Å²) in [6, 6.07) is 3.71. The number of hydrogen-bond donors (Lipinski definition) is 0. The second-order valence-corrected chi connectivity index (χ2v) is 4.55. The van der Waals surface area contributed by atoms with Gasteiger partial charge in [-0.1, -0.05) is 0 Å². The lowest BCUT2D eigenvalue weighted by atomic mass is 10.2. The van der Waals surface area contributed by atoms with E-state index >= 15 is 0 Å². The van der Waals surface area contributed by atoms with Crippen molar-refractivity contribution in [3.05, 3.63) is 24.5 Å². The number of hydrogen-bond acceptors (Lipinski definition) is 5. The summed E-state index contributed by atoms with van der Waals surface area (Å²) in [5.41, 5.74) is 0. The van der Waals surface area contributed by atoms with E-state index in [2.05, 4.69) is 4.98 Å². The molecule has 0 aromatic carbocycles. The number of Topliss-reactive ketones (excluding diaryl/α,β-unsaturated/α-hetero) is 1. The van der Waals surface area contributed by atoms with Crippen molar-refractivity contribution in [2.75, 3.05) is 13.2 Å². The molecule has 0 saturated carbocycles. The third-order valence-electron chi connectivity index (χ3n) is 2.60. The van der Waals surface area contributed by atoms with Gasteiger partial charge in [0.05, 0.1) is 19.4 Å². The quantitative estimate of drug-likeness (QED) is 0.374. The van der Waals surface area contributed by atoms with Crippen LogP contribution >= 0.6 is 0 Å². The molecule has 5 heteroatoms. The number of pyridine rings is 1. The van der Waals surface area contributed by atoms with Crippen LogP contribution < -0.4 is 4.74 Å². The first-order valence-corrected chi connectivity index (χ1v) is 6.86. The molecular formula is C15H21NO4. The topological polar surface area (TPSA) is 65.5 Å². The molecule has 0 bridgehead atoms. The Kier molecular flexibility index (Phi) is 8.03. The second-order valence-electron chi connectivity index (χ2n) is 4.55. The number of rotatable bonds is 10. The number of unbranched alkanes of at least 4 members (excludes halogenated alkanes) is 3. The van der Waals surface area contributed by atoms with Gasteiger partial charge in [0.2, 0.25) is 0 Å². The van der Waals surface area contributed by atoms with Crippen LogP contribution in [0.3, 0.4) is 0 Å². The minimum absolute atomic E-state index is 0.126. The van der Waals surface area contributed by atoms with Crippen molar-refractivity contribution >= 4 is 11.8 Å². The molecule has 5 nitrogen and oxygen atoms in total. The summed E-state index contributed by atoms with van der Waals surface area (Å²) < 4.78 is 10.4. The number of ketones is 1. The van der Waals surface area contributed by atoms with Crippen LogP contribution in [-0.2, 0) is 14.3 Å². The molecule has 0 atom stereocenters. The van der Waals surface area contributed by atoms with Crippen molar-refractivity contribution < 1.29 is 19.1 Å². The summed E-state index contributed by atoms with van der Waals surface area (Å²) in [4.78, 5) is 25.7. The lowest BCUT2D eigenvalue weighted by molar-refractivity contribution is -0.145. The van der Waals surface area contributed by atoms with Crippen molar-refractivity contribution in [3.8, 4) is 5.75 Å². The summed E-state index contributed by atoms with van der Waals surface area (Å²) in [6.45, 7) is 2.43. The van der Waals surface area contributed by atoms with Gasteiger partial charge < -0.3 is 9.47 Å². The monoisotopic (exact) mass is 279 g/mol. The first kappa shape index (κ1) is 16.1. The number of carbonyl (C=O) groups is 2. The molecule has 0 aliphatic carbocycles. The predicted octanol–water partition coefficient (Wildman–Crippen LogP) is 2.54. The van der Waals surface area contributed by atoms with E-state index in [-0.39, 0.29) is 12.2 Å². The molecule has 0 radical (unpaired) electrons. The molecule has 20 heavy (non-hydrogen) atoms. The Hall–Kier alpha value is -1.91. The van der Waals surface area contributed by atoms with Crippen molar-refractivity contribution in [2.24, 2.45) is 0 Å². The highest BCUT2D eigenvalue weighted by atomic mass is 16.5. The van der Waals surface area contributed by atoms with Gasteiger partial charge in [-0.25, -0.2) is 0 Å². The van der Waals surface area contributed by atoms with Crippen LogP contribution in [0.25, 0.3) is 0 Å². The number of ether oxygens (including phenoxy) is 2. The number of nitrogens with zero attached hydrogens (tertiary/aromatic N) is 1. The normalized spacial score (nSPS) is 10.1. The Balaban J connectivity index is 1.90. The van der Waals surface area contributed by atoms with E-state index in [0.29, 0.717) is 13.2 Å². The maximum absolute atomic E-state index is 11.1. The summed E-state index contributed by atoms with van der Waals surface area (Å²) in [7, 11) is 0. The Morgan fingerprint density at radius 1 is 1.15 bits per heavy atom. The van der Waals surface area contributed by atoms with E-state index in [4.69, 9.17) is 9.47 Å². The number of carbonyl (C=O) groups excluding carboxylic acids is 2. The highest BCUT2D eigenvalue weighted by Crippen LogP contribution is 2.08. The first-order chi connectivity index (χ1) is 9.68. The maximum Gasteiger partial charge on any atom is 0.313 e. The Bertz CT molecular complexity index is 406. The van der Waals surface area contributed by atoms with E-state index in [9.17, 15) is 9.59 Å². The predicted molar refractivity (Wildman–Crippen MR) is 74.5 cm³/mol. The second kappa shape index (κ2) is 9.95. The molecule has 1 rings (SSSR count). The van der Waals surface area contributed by atoms with Crippen LogP contribution in [0, 0.1) is 0 Å². The zero-order valence-electron chi connectivity index (χ0n) is 11.8. The smallest absolute Gasteiger partial charge is 0.313 e. The van der Waals surface area contributed by atoms with Crippen LogP contribution in [0.1, 0.15) is 39.0 Å². The van der Waals surface area contributed by atoms with Gasteiger partial charge in [0, 0.05) is 6.20 Å². The molecule has 1 aromatic rings. The molecule has 1 aromatic heterocycles. The lowest BCUT2D eigenvalue weighted by Crippen LogP contribution is -2.09. The summed E-state index contributed by atoms with van der Waals surface area (Å²) in [5.74, 6) is 0.186. The van der Waals surface area contributed by atoms with E-state index in [1.165, 1.54) is 6.92 Å². The molecule has 0 N–H and O–H groups in total. The van der Waals surface area contributed by atoms with Crippen LogP contribution in [-0.4, -0.2) is 30.0 Å². The molecule has 0 aliphatic rings. The highest BCUT2D eigenvalue weighted by Gasteiger charge is 2.05. The highest BCUT2D eigenvalue weighted by molar-refractivity contribution is 5.94. The molecule has 110 valence electrons. The van der Waals surface area contributed by atoms with Crippen molar-refractivity contribution in [1.29, 1.82) is 0 Å². The number of aromatic nitrogens is 1. The van der Waals surface area contributed by atoms with Crippen LogP contribution in [0.15, 0.2) is 24.5 Å². The largest absolute Gasteiger partial charge is 0.492 e. The summed E-state index contributed by atoms with van der Waals surface area (Å²) in [6.07, 6.45) is 7.04. The fraction of sp³-hybridized carbons (Fsp3) is 0.533. The van der Waals surface area contributed by atoms with Gasteiger partial charge in [-0.2, -0.15) is 0 Å². The van der Waals surface area contributed by atoms with Gasteiger partial charge in [0.25, 0.3) is 0 Å². The van der Waals surface area contributed by atoms with Crippen LogP contribution in [0.4, 0.5) is 0 Å². The van der Waals surface area contributed by atoms with Crippen molar-refractivity contribution in [3.63, 3.8) is 0 Å². The molecule has 0 spiro atoms. The fourth-order valence-electron chi connectivity index (χ4n) is 1.62. The standard InChI is InChI=1S/C15H21NO4/c1-13(17)11-15(18)20-10-5-3-2-4-9-19-14-7-6-8-16-12-14/h6-8,12H,2-5,9-11H2,1H3. The van der Waals surface area contributed by atoms with Gasteiger partial charge in [-0.05, 0) is 44.7 Å². The molecule has 0 saturated heterocycles. The van der Waals surface area contributed by atoms with Gasteiger partial charge >= 0.3 is 5.97 Å². The lowest BCUT2D eigenvalue weighted by Gasteiger charge is -2.06. The molecule has 0 unspecified atom stereocenters. The van der Waals surface area contributed by atoms with Crippen molar-refractivity contribution in [2.45, 2.75) is 39.0 Å². The first-order valence-electron chi connectivity index (χ1n) is 6.86. The Morgan fingerprint density at radius 3 is 2.55 bits per heavy atom. The summed E-state index contributed by atoms with van der Waals surface area (Å²) >= 11 is 0. The van der Waals surface area contributed by atoms with Gasteiger partial charge in [0.15, 0.2) is 0 Å². The minimum Gasteiger partial charge on any atom is -0.492 e. The minimum atomic E-state index is -0.433. The average Bonchev–Trinajstić information content (AvgIpc) is 2.42. The molecular weight excluding hydrogens is 258 g/mol. The zero-order valence-corrected chi connectivity index (χ0v) is 11.8. The van der Waals surface area contributed by atoms with Crippen molar-refractivity contribution in [1.82, 2.24) is 4.98 Å². The third-order valence-corrected chi connectivity index (χ3v) is 2.60. The van der Waals surface area contributed by atoms with Gasteiger partial charge in [0.1, 0.15) is 18.0 Å². The van der Waals surface area contributed by atoms with E-state index in [1.54, 1.807) is 12.4 Å².